The van der Waals surface area contributed by atoms with Crippen LogP contribution in [0.2, 0.25) is 0 Å². The number of phenolic OH excluding ortho intramolecular Hbond substituents is 1. The van der Waals surface area contributed by atoms with E-state index < -0.39 is 0 Å². The van der Waals surface area contributed by atoms with Gasteiger partial charge in [-0.1, -0.05) is 43.3 Å². The van der Waals surface area contributed by atoms with Crippen molar-refractivity contribution in [1.29, 1.82) is 0 Å². The zero-order valence-electron chi connectivity index (χ0n) is 11.4. The number of hydrogen-bond donors (Lipinski definition) is 1. The number of aryl methyl sites for hydroxylation is 1. The van der Waals surface area contributed by atoms with Crippen molar-refractivity contribution < 1.29 is 5.11 Å². The Balaban J connectivity index is 2.12. The molecule has 0 heterocycles. The molecule has 0 spiro atoms. The maximum atomic E-state index is 9.67. The van der Waals surface area contributed by atoms with Crippen molar-refractivity contribution in [2.24, 2.45) is 4.99 Å². The van der Waals surface area contributed by atoms with Crippen LogP contribution in [0.1, 0.15) is 36.6 Å². The van der Waals surface area contributed by atoms with Crippen molar-refractivity contribution >= 4 is 6.21 Å². The van der Waals surface area contributed by atoms with Crippen LogP contribution in [-0.4, -0.2) is 11.3 Å². The average molecular weight is 253 g/mol. The number of aliphatic imine (C=N–C) groups is 1. The predicted molar refractivity (Wildman–Crippen MR) is 79.9 cm³/mol. The molecule has 0 aliphatic carbocycles. The van der Waals surface area contributed by atoms with Crippen LogP contribution in [0.3, 0.4) is 0 Å². The number of phenols is 1. The van der Waals surface area contributed by atoms with Gasteiger partial charge < -0.3 is 5.11 Å². The third-order valence-electron chi connectivity index (χ3n) is 3.24. The van der Waals surface area contributed by atoms with Crippen LogP contribution >= 0.6 is 0 Å². The number of rotatable bonds is 4. The van der Waals surface area contributed by atoms with Crippen LogP contribution in [0.5, 0.6) is 5.75 Å². The molecular weight excluding hydrogens is 234 g/mol. The van der Waals surface area contributed by atoms with Crippen molar-refractivity contribution in [1.82, 2.24) is 0 Å². The van der Waals surface area contributed by atoms with Crippen LogP contribution in [0.4, 0.5) is 0 Å². The van der Waals surface area contributed by atoms with E-state index in [1.165, 1.54) is 11.1 Å². The van der Waals surface area contributed by atoms with E-state index in [2.05, 4.69) is 43.1 Å². The summed E-state index contributed by atoms with van der Waals surface area (Å²) in [5, 5.41) is 9.67. The third-order valence-corrected chi connectivity index (χ3v) is 3.24. The molecule has 2 aromatic carbocycles. The van der Waals surface area contributed by atoms with E-state index in [1.807, 2.05) is 12.1 Å². The van der Waals surface area contributed by atoms with E-state index in [4.69, 9.17) is 0 Å². The molecule has 19 heavy (non-hydrogen) atoms. The van der Waals surface area contributed by atoms with Crippen LogP contribution in [0, 0.1) is 0 Å². The molecule has 0 fully saturated rings. The summed E-state index contributed by atoms with van der Waals surface area (Å²) in [4.78, 5) is 4.50. The molecule has 0 aliphatic heterocycles. The molecule has 2 aromatic rings. The van der Waals surface area contributed by atoms with Crippen molar-refractivity contribution in [3.05, 3.63) is 65.2 Å². The van der Waals surface area contributed by atoms with Gasteiger partial charge >= 0.3 is 0 Å². The molecule has 2 rings (SSSR count). The fraction of sp³-hybridized carbons (Fsp3) is 0.235. The average Bonchev–Trinajstić information content (AvgIpc) is 2.46. The standard InChI is InChI=1S/C17H19NO/c1-3-14-8-10-15(11-9-14)13(2)18-12-16-6-4-5-7-17(16)19/h4-13,19H,3H2,1-2H3. The minimum Gasteiger partial charge on any atom is -0.507 e. The van der Waals surface area contributed by atoms with Gasteiger partial charge in [0.25, 0.3) is 0 Å². The van der Waals surface area contributed by atoms with E-state index in [-0.39, 0.29) is 11.8 Å². The van der Waals surface area contributed by atoms with Gasteiger partial charge in [-0.05, 0) is 36.6 Å². The summed E-state index contributed by atoms with van der Waals surface area (Å²) < 4.78 is 0. The van der Waals surface area contributed by atoms with Crippen LogP contribution in [0.15, 0.2) is 53.5 Å². The summed E-state index contributed by atoms with van der Waals surface area (Å²) in [6.45, 7) is 4.20. The Morgan fingerprint density at radius 3 is 2.42 bits per heavy atom. The summed E-state index contributed by atoms with van der Waals surface area (Å²) in [5.74, 6) is 0.264. The van der Waals surface area contributed by atoms with Gasteiger partial charge in [0.1, 0.15) is 5.75 Å². The Morgan fingerprint density at radius 2 is 1.79 bits per heavy atom. The highest BCUT2D eigenvalue weighted by Crippen LogP contribution is 2.19. The first-order valence-corrected chi connectivity index (χ1v) is 6.60. The first-order valence-electron chi connectivity index (χ1n) is 6.60. The van der Waals surface area contributed by atoms with E-state index in [0.29, 0.717) is 0 Å². The van der Waals surface area contributed by atoms with Gasteiger partial charge in [0.15, 0.2) is 0 Å². The summed E-state index contributed by atoms with van der Waals surface area (Å²) in [7, 11) is 0. The Kier molecular flexibility index (Phi) is 4.35. The van der Waals surface area contributed by atoms with Gasteiger partial charge in [0, 0.05) is 11.8 Å². The summed E-state index contributed by atoms with van der Waals surface area (Å²) in [5.41, 5.74) is 3.27. The van der Waals surface area contributed by atoms with Crippen molar-refractivity contribution in [2.75, 3.05) is 0 Å². The predicted octanol–water partition coefficient (Wildman–Crippen LogP) is 4.13. The Hall–Kier alpha value is -2.09. The van der Waals surface area contributed by atoms with Crippen molar-refractivity contribution in [2.45, 2.75) is 26.3 Å². The molecule has 98 valence electrons. The highest BCUT2D eigenvalue weighted by atomic mass is 16.3. The van der Waals surface area contributed by atoms with Gasteiger partial charge in [0.2, 0.25) is 0 Å². The maximum Gasteiger partial charge on any atom is 0.124 e. The summed E-state index contributed by atoms with van der Waals surface area (Å²) in [6, 6.07) is 15.8. The van der Waals surface area contributed by atoms with Gasteiger partial charge in [-0.3, -0.25) is 4.99 Å². The van der Waals surface area contributed by atoms with Gasteiger partial charge in [-0.15, -0.1) is 0 Å². The fourth-order valence-corrected chi connectivity index (χ4v) is 1.91. The number of nitrogens with zero attached hydrogens (tertiary/aromatic N) is 1. The lowest BCUT2D eigenvalue weighted by Crippen LogP contribution is -1.92. The molecule has 1 N–H and O–H groups in total. The van der Waals surface area contributed by atoms with Crippen molar-refractivity contribution in [3.63, 3.8) is 0 Å². The lowest BCUT2D eigenvalue weighted by molar-refractivity contribution is 0.474. The highest BCUT2D eigenvalue weighted by molar-refractivity contribution is 5.83. The van der Waals surface area contributed by atoms with Crippen LogP contribution in [0.25, 0.3) is 0 Å². The SMILES string of the molecule is CCc1ccc(C(C)N=Cc2ccccc2O)cc1. The first-order chi connectivity index (χ1) is 9.20. The maximum absolute atomic E-state index is 9.67. The molecule has 0 aliphatic rings. The first kappa shape index (κ1) is 13.3. The number of para-hydroxylation sites is 1. The van der Waals surface area contributed by atoms with E-state index in [0.717, 1.165) is 12.0 Å². The van der Waals surface area contributed by atoms with Gasteiger partial charge in [-0.25, -0.2) is 0 Å². The van der Waals surface area contributed by atoms with E-state index in [1.54, 1.807) is 18.3 Å². The topological polar surface area (TPSA) is 32.6 Å². The lowest BCUT2D eigenvalue weighted by Gasteiger charge is -2.07. The minimum atomic E-state index is 0.0884. The monoisotopic (exact) mass is 253 g/mol. The molecule has 1 atom stereocenters. The molecule has 2 heteroatoms. The Bertz CT molecular complexity index is 558. The van der Waals surface area contributed by atoms with Gasteiger partial charge in [0.05, 0.1) is 6.04 Å². The fourth-order valence-electron chi connectivity index (χ4n) is 1.91. The minimum absolute atomic E-state index is 0.0884. The Morgan fingerprint density at radius 1 is 1.11 bits per heavy atom. The third kappa shape index (κ3) is 3.44. The molecule has 0 saturated carbocycles. The molecule has 2 nitrogen and oxygen atoms in total. The smallest absolute Gasteiger partial charge is 0.124 e. The lowest BCUT2D eigenvalue weighted by atomic mass is 10.1. The molecule has 0 bridgehead atoms. The second-order valence-corrected chi connectivity index (χ2v) is 4.61. The summed E-state index contributed by atoms with van der Waals surface area (Å²) >= 11 is 0. The number of benzene rings is 2. The van der Waals surface area contributed by atoms with E-state index in [9.17, 15) is 5.11 Å². The van der Waals surface area contributed by atoms with Crippen LogP contribution in [-0.2, 0) is 6.42 Å². The molecule has 0 amide bonds. The zero-order valence-corrected chi connectivity index (χ0v) is 11.4. The van der Waals surface area contributed by atoms with Gasteiger partial charge in [-0.2, -0.15) is 0 Å². The second-order valence-electron chi connectivity index (χ2n) is 4.61. The molecule has 0 saturated heterocycles. The number of hydrogen-bond acceptors (Lipinski definition) is 2. The van der Waals surface area contributed by atoms with Crippen LogP contribution < -0.4 is 0 Å². The quantitative estimate of drug-likeness (QED) is 0.816. The number of aromatic hydroxyl groups is 1. The molecule has 1 unspecified atom stereocenters. The summed E-state index contributed by atoms with van der Waals surface area (Å²) in [6.07, 6.45) is 2.78. The molecule has 0 radical (unpaired) electrons. The van der Waals surface area contributed by atoms with Crippen molar-refractivity contribution in [3.8, 4) is 5.75 Å². The highest BCUT2D eigenvalue weighted by Gasteiger charge is 2.03. The molecular formula is C17H19NO. The largest absolute Gasteiger partial charge is 0.507 e. The second kappa shape index (κ2) is 6.19. The van der Waals surface area contributed by atoms with E-state index >= 15 is 0 Å². The molecule has 0 aromatic heterocycles. The zero-order chi connectivity index (χ0) is 13.7. The normalized spacial score (nSPS) is 12.7. The Labute approximate surface area is 114 Å².